The molecule has 0 aromatic carbocycles. The average molecular weight is 832 g/mol. The minimum Gasteiger partial charge on any atom is -0.462 e. The molecule has 0 bridgehead atoms. The first-order chi connectivity index (χ1) is 27.6. The van der Waals surface area contributed by atoms with E-state index >= 15 is 0 Å². The average Bonchev–Trinajstić information content (AvgIpc) is 3.17. The van der Waals surface area contributed by atoms with Crippen LogP contribution in [0.4, 0.5) is 0 Å². The van der Waals surface area contributed by atoms with Crippen molar-refractivity contribution in [2.75, 3.05) is 26.4 Å². The summed E-state index contributed by atoms with van der Waals surface area (Å²) in [6.07, 6.45) is 35.8. The summed E-state index contributed by atoms with van der Waals surface area (Å²) in [6.45, 7) is 4.53. The minimum absolute atomic E-state index is 0.103. The Labute approximate surface area is 348 Å². The topological polar surface area (TPSA) is 155 Å². The fraction of sp³-hybridized carbons (Fsp3) is 0.911. The van der Waals surface area contributed by atoms with Crippen molar-refractivity contribution in [1.82, 2.24) is 5.32 Å². The smallest absolute Gasteiger partial charge is 0.462 e. The molecule has 1 unspecified atom stereocenters. The van der Waals surface area contributed by atoms with E-state index in [-0.39, 0.29) is 44.8 Å². The van der Waals surface area contributed by atoms with Crippen molar-refractivity contribution in [3.8, 4) is 0 Å². The Bertz CT molecular complexity index is 1030. The highest BCUT2D eigenvalue weighted by Crippen LogP contribution is 2.43. The van der Waals surface area contributed by atoms with Gasteiger partial charge in [-0.2, -0.15) is 0 Å². The number of ketones is 1. The molecule has 0 aromatic heterocycles. The third-order valence-corrected chi connectivity index (χ3v) is 11.2. The van der Waals surface area contributed by atoms with Crippen molar-refractivity contribution < 1.29 is 47.2 Å². The highest BCUT2D eigenvalue weighted by Gasteiger charge is 2.26. The molecule has 0 spiro atoms. The van der Waals surface area contributed by atoms with Gasteiger partial charge < -0.3 is 19.7 Å². The molecule has 0 rings (SSSR count). The van der Waals surface area contributed by atoms with E-state index < -0.39 is 38.4 Å². The zero-order valence-corrected chi connectivity index (χ0v) is 37.7. The molecule has 12 heteroatoms. The number of Topliss-reactive ketones (excluding diaryl/α,β-unsaturated/α-hetero) is 1. The third-order valence-electron chi connectivity index (χ3n) is 10.2. The Morgan fingerprint density at radius 3 is 1.28 bits per heavy atom. The Hall–Kier alpha value is -1.81. The predicted octanol–water partition coefficient (Wildman–Crippen LogP) is 12.2. The van der Waals surface area contributed by atoms with E-state index in [0.29, 0.717) is 12.8 Å². The summed E-state index contributed by atoms with van der Waals surface area (Å²) in [5, 5.41) is 2.41. The summed E-state index contributed by atoms with van der Waals surface area (Å²) >= 11 is 0. The van der Waals surface area contributed by atoms with Gasteiger partial charge in [-0.3, -0.25) is 28.2 Å². The molecule has 0 heterocycles. The van der Waals surface area contributed by atoms with Gasteiger partial charge in [0.1, 0.15) is 12.4 Å². The van der Waals surface area contributed by atoms with Gasteiger partial charge in [0.05, 0.1) is 19.6 Å². The summed E-state index contributed by atoms with van der Waals surface area (Å²) in [7, 11) is -4.57. The Morgan fingerprint density at radius 1 is 0.526 bits per heavy atom. The van der Waals surface area contributed by atoms with E-state index in [0.717, 1.165) is 38.5 Å². The van der Waals surface area contributed by atoms with Gasteiger partial charge in [0.25, 0.3) is 0 Å². The molecule has 2 atom stereocenters. The molecule has 0 radical (unpaired) electrons. The first kappa shape index (κ1) is 55.2. The van der Waals surface area contributed by atoms with Gasteiger partial charge in [-0.25, -0.2) is 4.57 Å². The molecule has 0 aliphatic carbocycles. The van der Waals surface area contributed by atoms with Gasteiger partial charge in [0.15, 0.2) is 6.10 Å². The van der Waals surface area contributed by atoms with Gasteiger partial charge >= 0.3 is 19.8 Å². The number of unbranched alkanes of at least 4 members (excludes halogenated alkanes) is 28. The Kier molecular flexibility index (Phi) is 39.6. The van der Waals surface area contributed by atoms with Crippen molar-refractivity contribution in [3.63, 3.8) is 0 Å². The minimum atomic E-state index is -4.57. The Balaban J connectivity index is 4.41. The lowest BCUT2D eigenvalue weighted by molar-refractivity contribution is -0.161. The van der Waals surface area contributed by atoms with E-state index in [4.69, 9.17) is 18.5 Å². The van der Waals surface area contributed by atoms with Crippen LogP contribution < -0.4 is 5.32 Å². The Morgan fingerprint density at radius 2 is 0.895 bits per heavy atom. The molecule has 0 fully saturated rings. The van der Waals surface area contributed by atoms with Gasteiger partial charge in [-0.05, 0) is 19.8 Å². The van der Waals surface area contributed by atoms with Gasteiger partial charge in [0, 0.05) is 19.4 Å². The second-order valence-electron chi connectivity index (χ2n) is 16.0. The number of phosphoric acid groups is 1. The number of phosphoric ester groups is 1. The normalized spacial score (nSPS) is 12.9. The number of rotatable bonds is 44. The standard InChI is InChI=1S/C45H86NO10P/c1-4-6-8-10-12-14-16-18-20-22-24-26-28-30-32-34-44(49)53-39-42(40-55-57(51,52)54-37-36-46-43(48)38-41(3)47)56-45(50)35-33-31-29-27-25-23-21-19-17-15-13-11-9-7-5-2/h42H,4-40H2,1-3H3,(H,46,48)(H,51,52)/t42-/m1/s1. The number of hydrogen-bond acceptors (Lipinski definition) is 9. The van der Waals surface area contributed by atoms with Crippen molar-refractivity contribution in [1.29, 1.82) is 0 Å². The molecule has 57 heavy (non-hydrogen) atoms. The molecular formula is C45H86NO10P. The summed E-state index contributed by atoms with van der Waals surface area (Å²) in [5.74, 6) is -1.73. The number of carbonyl (C=O) groups is 4. The van der Waals surface area contributed by atoms with Crippen LogP contribution in [0.2, 0.25) is 0 Å². The highest BCUT2D eigenvalue weighted by molar-refractivity contribution is 7.47. The predicted molar refractivity (Wildman–Crippen MR) is 230 cm³/mol. The first-order valence-electron chi connectivity index (χ1n) is 23.3. The molecule has 0 aromatic rings. The van der Waals surface area contributed by atoms with Crippen LogP contribution in [-0.4, -0.2) is 61.0 Å². The van der Waals surface area contributed by atoms with Crippen LogP contribution >= 0.6 is 7.82 Å². The summed E-state index contributed by atoms with van der Waals surface area (Å²) < 4.78 is 33.4. The molecular weight excluding hydrogens is 745 g/mol. The van der Waals surface area contributed by atoms with Crippen molar-refractivity contribution in [2.45, 2.75) is 239 Å². The molecule has 11 nitrogen and oxygen atoms in total. The summed E-state index contributed by atoms with van der Waals surface area (Å²) in [6, 6.07) is 0. The molecule has 336 valence electrons. The fourth-order valence-electron chi connectivity index (χ4n) is 6.76. The van der Waals surface area contributed by atoms with Crippen LogP contribution in [0.3, 0.4) is 0 Å². The lowest BCUT2D eigenvalue weighted by Gasteiger charge is -2.20. The molecule has 0 saturated heterocycles. The number of ether oxygens (including phenoxy) is 2. The zero-order chi connectivity index (χ0) is 42.1. The molecule has 0 saturated carbocycles. The van der Waals surface area contributed by atoms with Gasteiger partial charge in [-0.15, -0.1) is 0 Å². The number of esters is 2. The highest BCUT2D eigenvalue weighted by atomic mass is 31.2. The van der Waals surface area contributed by atoms with E-state index in [1.165, 1.54) is 148 Å². The number of nitrogens with one attached hydrogen (secondary N) is 1. The van der Waals surface area contributed by atoms with Crippen molar-refractivity contribution in [2.24, 2.45) is 0 Å². The second-order valence-corrected chi connectivity index (χ2v) is 17.5. The first-order valence-corrected chi connectivity index (χ1v) is 24.8. The van der Waals surface area contributed by atoms with Crippen LogP contribution in [0.1, 0.15) is 233 Å². The monoisotopic (exact) mass is 832 g/mol. The van der Waals surface area contributed by atoms with E-state index in [9.17, 15) is 28.6 Å². The summed E-state index contributed by atoms with van der Waals surface area (Å²) in [5.41, 5.74) is 0. The number of hydrogen-bond donors (Lipinski definition) is 2. The SMILES string of the molecule is CCCCCCCCCCCCCCCCCC(=O)OC[C@H](COP(=O)(O)OCCNC(=O)CC(C)=O)OC(=O)CCCCCCCCCCCCCCCCC. The summed E-state index contributed by atoms with van der Waals surface area (Å²) in [4.78, 5) is 58.0. The van der Waals surface area contributed by atoms with Gasteiger partial charge in [-0.1, -0.05) is 194 Å². The van der Waals surface area contributed by atoms with E-state index in [1.807, 2.05) is 0 Å². The quantitative estimate of drug-likeness (QED) is 0.0262. The third kappa shape index (κ3) is 42.1. The lowest BCUT2D eigenvalue weighted by atomic mass is 10.0. The van der Waals surface area contributed by atoms with Crippen LogP contribution in [0, 0.1) is 0 Å². The molecule has 2 N–H and O–H groups in total. The number of carbonyl (C=O) groups excluding carboxylic acids is 4. The van der Waals surface area contributed by atoms with Crippen LogP contribution in [0.25, 0.3) is 0 Å². The maximum absolute atomic E-state index is 12.7. The molecule has 1 amide bonds. The van der Waals surface area contributed by atoms with E-state index in [1.54, 1.807) is 0 Å². The van der Waals surface area contributed by atoms with Crippen molar-refractivity contribution >= 4 is 31.5 Å². The largest absolute Gasteiger partial charge is 0.472 e. The zero-order valence-electron chi connectivity index (χ0n) is 36.8. The van der Waals surface area contributed by atoms with E-state index in [2.05, 4.69) is 19.2 Å². The van der Waals surface area contributed by atoms with Crippen molar-refractivity contribution in [3.05, 3.63) is 0 Å². The molecule has 0 aliphatic rings. The second kappa shape index (κ2) is 40.9. The van der Waals surface area contributed by atoms with Crippen LogP contribution in [0.5, 0.6) is 0 Å². The maximum Gasteiger partial charge on any atom is 0.472 e. The van der Waals surface area contributed by atoms with Crippen LogP contribution in [0.15, 0.2) is 0 Å². The maximum atomic E-state index is 12.7. The van der Waals surface area contributed by atoms with Crippen LogP contribution in [-0.2, 0) is 42.3 Å². The molecule has 0 aliphatic heterocycles. The van der Waals surface area contributed by atoms with Gasteiger partial charge in [0.2, 0.25) is 5.91 Å². The lowest BCUT2D eigenvalue weighted by Crippen LogP contribution is -2.30. The number of amides is 1. The fourth-order valence-corrected chi connectivity index (χ4v) is 7.51.